The van der Waals surface area contributed by atoms with Crippen molar-refractivity contribution >= 4 is 17.8 Å². The average Bonchev–Trinajstić information content (AvgIpc) is 2.77. The van der Waals surface area contributed by atoms with Gasteiger partial charge in [-0.05, 0) is 24.0 Å². The van der Waals surface area contributed by atoms with E-state index >= 15 is 0 Å². The molecule has 8 heteroatoms. The maximum atomic E-state index is 12.6. The number of carboxylic acid groups (broad SMARTS) is 1. The molecule has 0 aromatic heterocycles. The smallest absolute Gasteiger partial charge is 0.326 e. The van der Waals surface area contributed by atoms with Crippen molar-refractivity contribution < 1.29 is 19.4 Å². The van der Waals surface area contributed by atoms with E-state index in [1.807, 2.05) is 60.7 Å². The third kappa shape index (κ3) is 7.75. The molecule has 2 aromatic carbocycles. The van der Waals surface area contributed by atoms with Gasteiger partial charge in [0.2, 0.25) is 5.91 Å². The van der Waals surface area contributed by atoms with E-state index in [2.05, 4.69) is 4.99 Å². The Morgan fingerprint density at radius 3 is 2.06 bits per heavy atom. The minimum absolute atomic E-state index is 0.0321. The number of ether oxygens (including phenoxy) is 1. The minimum Gasteiger partial charge on any atom is -0.480 e. The second kappa shape index (κ2) is 12.3. The molecule has 0 radical (unpaired) electrons. The number of aliphatic imine (C=N–C) groups is 1. The van der Waals surface area contributed by atoms with E-state index in [4.69, 9.17) is 16.2 Å². The number of amides is 1. The number of guanidine groups is 1. The van der Waals surface area contributed by atoms with Gasteiger partial charge in [0.1, 0.15) is 12.6 Å². The number of hydrogen-bond acceptors (Lipinski definition) is 4. The van der Waals surface area contributed by atoms with Crippen LogP contribution in [0.5, 0.6) is 0 Å². The molecule has 2 rings (SSSR count). The zero-order chi connectivity index (χ0) is 22.6. The molecule has 31 heavy (non-hydrogen) atoms. The summed E-state index contributed by atoms with van der Waals surface area (Å²) in [6.45, 7) is 0.403. The first kappa shape index (κ1) is 23.9. The highest BCUT2D eigenvalue weighted by molar-refractivity contribution is 5.84. The van der Waals surface area contributed by atoms with E-state index in [1.165, 1.54) is 11.9 Å². The molecule has 0 unspecified atom stereocenters. The van der Waals surface area contributed by atoms with Gasteiger partial charge in [-0.15, -0.1) is 0 Å². The van der Waals surface area contributed by atoms with Gasteiger partial charge in [-0.3, -0.25) is 9.79 Å². The van der Waals surface area contributed by atoms with E-state index in [-0.39, 0.29) is 24.9 Å². The first-order chi connectivity index (χ1) is 14.9. The van der Waals surface area contributed by atoms with Crippen LogP contribution in [0.3, 0.4) is 0 Å². The summed E-state index contributed by atoms with van der Waals surface area (Å²) >= 11 is 0. The Morgan fingerprint density at radius 1 is 1.03 bits per heavy atom. The zero-order valence-electron chi connectivity index (χ0n) is 17.7. The highest BCUT2D eigenvalue weighted by atomic mass is 16.5. The van der Waals surface area contributed by atoms with Crippen molar-refractivity contribution in [3.8, 4) is 0 Å². The molecule has 1 amide bonds. The lowest BCUT2D eigenvalue weighted by molar-refractivity contribution is -0.151. The average molecular weight is 427 g/mol. The zero-order valence-corrected chi connectivity index (χ0v) is 17.7. The molecule has 0 saturated heterocycles. The molecule has 0 saturated carbocycles. The maximum Gasteiger partial charge on any atom is 0.326 e. The molecule has 0 bridgehead atoms. The standard InChI is InChI=1S/C23H30N4O4/c1-27(20(22(29)30)13-8-14-26-23(24)25)21(28)16-31-15-19(17-9-4-2-5-10-17)18-11-6-3-7-12-18/h2-7,9-12,19-20H,8,13-16H2,1H3,(H,29,30)(H4,24,25,26)/t20-/m0/s1. The molecule has 0 aliphatic rings. The van der Waals surface area contributed by atoms with Crippen LogP contribution in [-0.2, 0) is 14.3 Å². The predicted octanol–water partition coefficient (Wildman–Crippen LogP) is 1.80. The summed E-state index contributed by atoms with van der Waals surface area (Å²) in [5.41, 5.74) is 12.7. The lowest BCUT2D eigenvalue weighted by Gasteiger charge is -2.25. The number of aliphatic carboxylic acids is 1. The number of carbonyl (C=O) groups excluding carboxylic acids is 1. The second-order valence-corrected chi connectivity index (χ2v) is 7.20. The minimum atomic E-state index is -1.08. The van der Waals surface area contributed by atoms with Crippen molar-refractivity contribution in [3.63, 3.8) is 0 Å². The van der Waals surface area contributed by atoms with Crippen molar-refractivity contribution in [2.45, 2.75) is 24.8 Å². The first-order valence-corrected chi connectivity index (χ1v) is 10.1. The number of nitrogens with zero attached hydrogens (tertiary/aromatic N) is 2. The van der Waals surface area contributed by atoms with Crippen LogP contribution in [-0.4, -0.2) is 60.7 Å². The number of rotatable bonds is 12. The van der Waals surface area contributed by atoms with Crippen LogP contribution in [0.25, 0.3) is 0 Å². The van der Waals surface area contributed by atoms with Crippen LogP contribution in [0.4, 0.5) is 0 Å². The number of carbonyl (C=O) groups is 2. The Balaban J connectivity index is 1.95. The Kier molecular flexibility index (Phi) is 9.51. The highest BCUT2D eigenvalue weighted by Gasteiger charge is 2.26. The lowest BCUT2D eigenvalue weighted by Crippen LogP contribution is -2.44. The molecular weight excluding hydrogens is 396 g/mol. The molecule has 0 fully saturated rings. The maximum absolute atomic E-state index is 12.6. The van der Waals surface area contributed by atoms with Crippen molar-refractivity contribution in [2.24, 2.45) is 16.5 Å². The summed E-state index contributed by atoms with van der Waals surface area (Å²) in [7, 11) is 1.47. The molecule has 0 aliphatic carbocycles. The summed E-state index contributed by atoms with van der Waals surface area (Å²) in [6.07, 6.45) is 0.683. The van der Waals surface area contributed by atoms with E-state index in [0.29, 0.717) is 19.6 Å². The van der Waals surface area contributed by atoms with Gasteiger partial charge in [0.15, 0.2) is 5.96 Å². The topological polar surface area (TPSA) is 131 Å². The normalized spacial score (nSPS) is 11.7. The van der Waals surface area contributed by atoms with Crippen LogP contribution >= 0.6 is 0 Å². The van der Waals surface area contributed by atoms with Crippen LogP contribution < -0.4 is 11.5 Å². The number of hydrogen-bond donors (Lipinski definition) is 3. The largest absolute Gasteiger partial charge is 0.480 e. The third-order valence-electron chi connectivity index (χ3n) is 4.99. The van der Waals surface area contributed by atoms with E-state index in [0.717, 1.165) is 11.1 Å². The molecular formula is C23H30N4O4. The SMILES string of the molecule is CN(C(=O)COCC(c1ccccc1)c1ccccc1)[C@@H](CCCN=C(N)N)C(=O)O. The van der Waals surface area contributed by atoms with E-state index in [9.17, 15) is 14.7 Å². The van der Waals surface area contributed by atoms with Gasteiger partial charge in [-0.2, -0.15) is 0 Å². The first-order valence-electron chi connectivity index (χ1n) is 10.1. The van der Waals surface area contributed by atoms with Crippen molar-refractivity contribution in [2.75, 3.05) is 26.8 Å². The number of benzene rings is 2. The van der Waals surface area contributed by atoms with Crippen molar-refractivity contribution in [1.29, 1.82) is 0 Å². The Hall–Kier alpha value is -3.39. The summed E-state index contributed by atoms with van der Waals surface area (Å²) in [5.74, 6) is -1.55. The molecule has 166 valence electrons. The van der Waals surface area contributed by atoms with Gasteiger partial charge >= 0.3 is 5.97 Å². The molecule has 0 aliphatic heterocycles. The fraction of sp³-hybridized carbons (Fsp3) is 0.348. The van der Waals surface area contributed by atoms with Gasteiger partial charge in [0.05, 0.1) is 6.61 Å². The van der Waals surface area contributed by atoms with Crippen LogP contribution in [0.15, 0.2) is 65.7 Å². The second-order valence-electron chi connectivity index (χ2n) is 7.20. The van der Waals surface area contributed by atoms with Crippen molar-refractivity contribution in [3.05, 3.63) is 71.8 Å². The number of nitrogens with two attached hydrogens (primary N) is 2. The van der Waals surface area contributed by atoms with Crippen LogP contribution in [0, 0.1) is 0 Å². The molecule has 0 spiro atoms. The predicted molar refractivity (Wildman–Crippen MR) is 120 cm³/mol. The fourth-order valence-corrected chi connectivity index (χ4v) is 3.27. The quantitative estimate of drug-likeness (QED) is 0.269. The highest BCUT2D eigenvalue weighted by Crippen LogP contribution is 2.24. The molecule has 2 aromatic rings. The summed E-state index contributed by atoms with van der Waals surface area (Å²) in [4.78, 5) is 29.2. The molecule has 0 heterocycles. The molecule has 8 nitrogen and oxygen atoms in total. The van der Waals surface area contributed by atoms with Gasteiger partial charge in [0, 0.05) is 19.5 Å². The molecule has 5 N–H and O–H groups in total. The van der Waals surface area contributed by atoms with Crippen LogP contribution in [0.2, 0.25) is 0 Å². The fourth-order valence-electron chi connectivity index (χ4n) is 3.27. The van der Waals surface area contributed by atoms with Crippen LogP contribution in [0.1, 0.15) is 29.9 Å². The Morgan fingerprint density at radius 2 is 1.58 bits per heavy atom. The Bertz CT molecular complexity index is 815. The summed E-state index contributed by atoms with van der Waals surface area (Å²) in [6, 6.07) is 18.9. The summed E-state index contributed by atoms with van der Waals surface area (Å²) < 4.78 is 5.74. The van der Waals surface area contributed by atoms with Gasteiger partial charge in [0.25, 0.3) is 0 Å². The van der Waals surface area contributed by atoms with Crippen molar-refractivity contribution in [1.82, 2.24) is 4.90 Å². The lowest BCUT2D eigenvalue weighted by atomic mass is 9.92. The third-order valence-corrected chi connectivity index (χ3v) is 4.99. The van der Waals surface area contributed by atoms with E-state index in [1.54, 1.807) is 0 Å². The monoisotopic (exact) mass is 426 g/mol. The summed E-state index contributed by atoms with van der Waals surface area (Å²) in [5, 5.41) is 9.49. The van der Waals surface area contributed by atoms with Gasteiger partial charge in [-0.25, -0.2) is 4.79 Å². The van der Waals surface area contributed by atoms with Gasteiger partial charge in [-0.1, -0.05) is 60.7 Å². The molecule has 1 atom stereocenters. The number of likely N-dealkylation sites (N-methyl/N-ethyl adjacent to an activating group) is 1. The number of carboxylic acids is 1. The van der Waals surface area contributed by atoms with E-state index < -0.39 is 17.9 Å². The Labute approximate surface area is 182 Å². The van der Waals surface area contributed by atoms with Gasteiger partial charge < -0.3 is 26.2 Å².